The summed E-state index contributed by atoms with van der Waals surface area (Å²) in [4.78, 5) is 11.4. The van der Waals surface area contributed by atoms with Gasteiger partial charge in [0.25, 0.3) is 0 Å². The van der Waals surface area contributed by atoms with Crippen LogP contribution in [0.5, 0.6) is 11.5 Å². The van der Waals surface area contributed by atoms with Gasteiger partial charge in [0.15, 0.2) is 17.5 Å². The lowest BCUT2D eigenvalue weighted by Crippen LogP contribution is -2.44. The first-order valence-corrected chi connectivity index (χ1v) is 9.25. The minimum atomic E-state index is 0.423. The van der Waals surface area contributed by atoms with Crippen molar-refractivity contribution < 1.29 is 13.9 Å². The molecule has 146 valence electrons. The zero-order valence-corrected chi connectivity index (χ0v) is 16.8. The summed E-state index contributed by atoms with van der Waals surface area (Å²) in [5, 5.41) is 3.38. The number of ether oxygens (including phenoxy) is 2. The lowest BCUT2D eigenvalue weighted by atomic mass is 9.99. The molecule has 1 aliphatic rings. The van der Waals surface area contributed by atoms with Crippen LogP contribution in [0.2, 0.25) is 0 Å². The Kier molecular flexibility index (Phi) is 5.88. The van der Waals surface area contributed by atoms with Crippen LogP contribution in [0.1, 0.15) is 35.4 Å². The number of hydrogen-bond donors (Lipinski definition) is 1. The van der Waals surface area contributed by atoms with E-state index in [4.69, 9.17) is 18.9 Å². The summed E-state index contributed by atoms with van der Waals surface area (Å²) in [6, 6.07) is 4.14. The van der Waals surface area contributed by atoms with Gasteiger partial charge in [0, 0.05) is 19.6 Å². The van der Waals surface area contributed by atoms with Gasteiger partial charge in [-0.25, -0.2) is 9.98 Å². The molecule has 0 spiro atoms. The van der Waals surface area contributed by atoms with Gasteiger partial charge in [0.2, 0.25) is 5.89 Å². The maximum absolute atomic E-state index is 5.65. The highest BCUT2D eigenvalue weighted by molar-refractivity contribution is 5.80. The number of rotatable bonds is 5. The summed E-state index contributed by atoms with van der Waals surface area (Å²) in [7, 11) is 3.33. The average Bonchev–Trinajstić information content (AvgIpc) is 3.01. The quantitative estimate of drug-likeness (QED) is 0.643. The van der Waals surface area contributed by atoms with E-state index < -0.39 is 0 Å². The van der Waals surface area contributed by atoms with Crippen LogP contribution in [-0.2, 0) is 19.5 Å². The molecule has 0 amide bonds. The molecule has 0 saturated heterocycles. The number of benzene rings is 1. The lowest BCUT2D eigenvalue weighted by Gasteiger charge is -2.32. The molecule has 2 heterocycles. The van der Waals surface area contributed by atoms with Crippen molar-refractivity contribution >= 4 is 5.96 Å². The van der Waals surface area contributed by atoms with Gasteiger partial charge in [-0.3, -0.25) is 0 Å². The number of guanidine groups is 1. The van der Waals surface area contributed by atoms with Gasteiger partial charge >= 0.3 is 0 Å². The first-order valence-electron chi connectivity index (χ1n) is 9.25. The molecule has 0 saturated carbocycles. The first kappa shape index (κ1) is 19.1. The number of methoxy groups -OCH3 is 2. The number of aliphatic imine (C=N–C) groups is 1. The summed E-state index contributed by atoms with van der Waals surface area (Å²) in [6.45, 7) is 8.82. The highest BCUT2D eigenvalue weighted by Gasteiger charge is 2.22. The van der Waals surface area contributed by atoms with Crippen LogP contribution in [0.15, 0.2) is 21.5 Å². The number of nitrogens with one attached hydrogen (secondary N) is 1. The molecule has 3 rings (SSSR count). The molecule has 2 aromatic rings. The fraction of sp³-hybridized carbons (Fsp3) is 0.500. The van der Waals surface area contributed by atoms with Gasteiger partial charge in [-0.15, -0.1) is 0 Å². The van der Waals surface area contributed by atoms with E-state index in [2.05, 4.69) is 34.3 Å². The fourth-order valence-electron chi connectivity index (χ4n) is 3.24. The maximum atomic E-state index is 5.65. The smallest absolute Gasteiger partial charge is 0.216 e. The number of aromatic nitrogens is 1. The van der Waals surface area contributed by atoms with E-state index in [1.54, 1.807) is 14.2 Å². The molecule has 0 radical (unpaired) electrons. The largest absolute Gasteiger partial charge is 0.493 e. The fourth-order valence-corrected chi connectivity index (χ4v) is 3.24. The number of hydrogen-bond acceptors (Lipinski definition) is 5. The molecule has 0 unspecified atom stereocenters. The second kappa shape index (κ2) is 8.33. The maximum Gasteiger partial charge on any atom is 0.216 e. The van der Waals surface area contributed by atoms with Crippen LogP contribution < -0.4 is 14.8 Å². The van der Waals surface area contributed by atoms with Gasteiger partial charge in [-0.2, -0.15) is 0 Å². The molecule has 7 nitrogen and oxygen atoms in total. The van der Waals surface area contributed by atoms with Gasteiger partial charge in [-0.1, -0.05) is 0 Å². The Morgan fingerprint density at radius 2 is 1.93 bits per heavy atom. The highest BCUT2D eigenvalue weighted by Crippen LogP contribution is 2.33. The molecule has 0 bridgehead atoms. The molecule has 27 heavy (non-hydrogen) atoms. The van der Waals surface area contributed by atoms with Crippen LogP contribution >= 0.6 is 0 Å². The second-order valence-corrected chi connectivity index (χ2v) is 6.57. The Labute approximate surface area is 160 Å². The third-order valence-electron chi connectivity index (χ3n) is 4.79. The number of aryl methyl sites for hydroxylation is 2. The van der Waals surface area contributed by atoms with Crippen molar-refractivity contribution in [3.05, 3.63) is 40.6 Å². The molecule has 0 atom stereocenters. The monoisotopic (exact) mass is 372 g/mol. The molecule has 0 aliphatic carbocycles. The summed E-state index contributed by atoms with van der Waals surface area (Å²) in [6.07, 6.45) is 0.928. The summed E-state index contributed by atoms with van der Waals surface area (Å²) >= 11 is 0. The van der Waals surface area contributed by atoms with Crippen molar-refractivity contribution in [2.75, 3.05) is 27.3 Å². The van der Waals surface area contributed by atoms with Crippen molar-refractivity contribution in [2.24, 2.45) is 4.99 Å². The molecule has 1 N–H and O–H groups in total. The van der Waals surface area contributed by atoms with Crippen LogP contribution in [0.4, 0.5) is 0 Å². The Morgan fingerprint density at radius 3 is 2.52 bits per heavy atom. The van der Waals surface area contributed by atoms with E-state index in [9.17, 15) is 0 Å². The normalized spacial score (nSPS) is 14.1. The van der Waals surface area contributed by atoms with E-state index in [-0.39, 0.29) is 0 Å². The SMILES string of the molecule is CCNC(=NCc1nc(C)c(C)o1)N1CCc2cc(OC)c(OC)cc2C1. The van der Waals surface area contributed by atoms with Crippen LogP contribution in [0.25, 0.3) is 0 Å². The van der Waals surface area contributed by atoms with Gasteiger partial charge in [0.1, 0.15) is 12.3 Å². The van der Waals surface area contributed by atoms with E-state index in [0.29, 0.717) is 12.4 Å². The van der Waals surface area contributed by atoms with Crippen molar-refractivity contribution in [2.45, 2.75) is 40.3 Å². The van der Waals surface area contributed by atoms with Crippen LogP contribution in [0, 0.1) is 13.8 Å². The topological polar surface area (TPSA) is 72.1 Å². The van der Waals surface area contributed by atoms with E-state index in [1.165, 1.54) is 11.1 Å². The summed E-state index contributed by atoms with van der Waals surface area (Å²) in [5.41, 5.74) is 3.43. The van der Waals surface area contributed by atoms with E-state index >= 15 is 0 Å². The highest BCUT2D eigenvalue weighted by atomic mass is 16.5. The standard InChI is InChI=1S/C20H28N4O3/c1-6-21-20(22-11-19-23-13(2)14(3)27-19)24-8-7-15-9-17(25-4)18(26-5)10-16(15)12-24/h9-10H,6-8,11-12H2,1-5H3,(H,21,22). The molecule has 0 fully saturated rings. The lowest BCUT2D eigenvalue weighted by molar-refractivity contribution is 0.345. The molecule has 7 heteroatoms. The predicted octanol–water partition coefficient (Wildman–Crippen LogP) is 2.83. The third kappa shape index (κ3) is 4.18. The van der Waals surface area contributed by atoms with Crippen molar-refractivity contribution in [1.29, 1.82) is 0 Å². The summed E-state index contributed by atoms with van der Waals surface area (Å²) in [5.74, 6) is 3.89. The Hall–Kier alpha value is -2.70. The minimum Gasteiger partial charge on any atom is -0.493 e. The van der Waals surface area contributed by atoms with E-state index in [1.807, 2.05) is 13.8 Å². The molecule has 1 aliphatic heterocycles. The van der Waals surface area contributed by atoms with Gasteiger partial charge in [0.05, 0.1) is 19.9 Å². The van der Waals surface area contributed by atoms with Crippen LogP contribution in [-0.4, -0.2) is 43.2 Å². The number of fused-ring (bicyclic) bond motifs is 1. The predicted molar refractivity (Wildman–Crippen MR) is 104 cm³/mol. The molecular weight excluding hydrogens is 344 g/mol. The van der Waals surface area contributed by atoms with Gasteiger partial charge in [-0.05, 0) is 50.5 Å². The van der Waals surface area contributed by atoms with Crippen molar-refractivity contribution in [1.82, 2.24) is 15.2 Å². The van der Waals surface area contributed by atoms with Crippen molar-refractivity contribution in [3.8, 4) is 11.5 Å². The average molecular weight is 372 g/mol. The zero-order valence-electron chi connectivity index (χ0n) is 16.8. The molecule has 1 aromatic carbocycles. The Bertz CT molecular complexity index is 809. The third-order valence-corrected chi connectivity index (χ3v) is 4.79. The minimum absolute atomic E-state index is 0.423. The number of oxazole rings is 1. The van der Waals surface area contributed by atoms with Gasteiger partial charge < -0.3 is 24.1 Å². The Balaban J connectivity index is 1.80. The second-order valence-electron chi connectivity index (χ2n) is 6.57. The first-order chi connectivity index (χ1) is 13.0. The van der Waals surface area contributed by atoms with Crippen LogP contribution in [0.3, 0.4) is 0 Å². The van der Waals surface area contributed by atoms with Crippen molar-refractivity contribution in [3.63, 3.8) is 0 Å². The zero-order chi connectivity index (χ0) is 19.4. The summed E-state index contributed by atoms with van der Waals surface area (Å²) < 4.78 is 16.5. The Morgan fingerprint density at radius 1 is 1.22 bits per heavy atom. The molecular formula is C20H28N4O3. The molecule has 1 aromatic heterocycles. The number of nitrogens with zero attached hydrogens (tertiary/aromatic N) is 3. The van der Waals surface area contributed by atoms with E-state index in [0.717, 1.165) is 55.0 Å².